The van der Waals surface area contributed by atoms with Crippen LogP contribution in [0.25, 0.3) is 0 Å². The largest absolute Gasteiger partial charge is 0.381 e. The number of ether oxygens (including phenoxy) is 1. The van der Waals surface area contributed by atoms with Gasteiger partial charge in [-0.25, -0.2) is 0 Å². The molecule has 2 saturated heterocycles. The van der Waals surface area contributed by atoms with Crippen molar-refractivity contribution in [1.82, 2.24) is 15.5 Å². The SMILES string of the molecule is CCNC(=NCC1(C)CCCC1)NC1CCN(CC2CCOC2)CC1. The first-order valence-electron chi connectivity index (χ1n) is 10.5. The molecule has 3 fully saturated rings. The van der Waals surface area contributed by atoms with Gasteiger partial charge < -0.3 is 20.3 Å². The summed E-state index contributed by atoms with van der Waals surface area (Å²) in [5.74, 6) is 1.79. The van der Waals surface area contributed by atoms with Gasteiger partial charge in [-0.1, -0.05) is 19.8 Å². The van der Waals surface area contributed by atoms with Crippen LogP contribution in [-0.4, -0.2) is 62.8 Å². The van der Waals surface area contributed by atoms with E-state index in [4.69, 9.17) is 9.73 Å². The second-order valence-corrected chi connectivity index (χ2v) is 8.66. The molecule has 0 aromatic rings. The number of likely N-dealkylation sites (tertiary alicyclic amines) is 1. The lowest BCUT2D eigenvalue weighted by molar-refractivity contribution is 0.150. The number of aliphatic imine (C=N–C) groups is 1. The van der Waals surface area contributed by atoms with Crippen LogP contribution >= 0.6 is 0 Å². The van der Waals surface area contributed by atoms with Crippen LogP contribution in [0.5, 0.6) is 0 Å². The van der Waals surface area contributed by atoms with Crippen molar-refractivity contribution in [2.24, 2.45) is 16.3 Å². The fourth-order valence-corrected chi connectivity index (χ4v) is 4.52. The highest BCUT2D eigenvalue weighted by Gasteiger charge is 2.29. The zero-order valence-corrected chi connectivity index (χ0v) is 16.4. The standard InChI is InChI=1S/C20H38N4O/c1-3-21-19(22-16-20(2)9-4-5-10-20)23-18-6-11-24(12-7-18)14-17-8-13-25-15-17/h17-18H,3-16H2,1-2H3,(H2,21,22,23). The Kier molecular flexibility index (Phi) is 7.00. The number of nitrogens with zero attached hydrogens (tertiary/aromatic N) is 2. The molecule has 1 atom stereocenters. The van der Waals surface area contributed by atoms with Crippen LogP contribution < -0.4 is 10.6 Å². The van der Waals surface area contributed by atoms with E-state index in [1.165, 1.54) is 64.6 Å². The quantitative estimate of drug-likeness (QED) is 0.571. The Morgan fingerprint density at radius 1 is 1.20 bits per heavy atom. The number of guanidine groups is 1. The van der Waals surface area contributed by atoms with Crippen LogP contribution in [0.4, 0.5) is 0 Å². The fraction of sp³-hybridized carbons (Fsp3) is 0.950. The Morgan fingerprint density at radius 2 is 1.96 bits per heavy atom. The second kappa shape index (κ2) is 9.22. The van der Waals surface area contributed by atoms with Gasteiger partial charge in [-0.05, 0) is 50.4 Å². The van der Waals surface area contributed by atoms with E-state index in [0.29, 0.717) is 11.5 Å². The van der Waals surface area contributed by atoms with Crippen molar-refractivity contribution in [1.29, 1.82) is 0 Å². The molecule has 1 aliphatic carbocycles. The van der Waals surface area contributed by atoms with Crippen molar-refractivity contribution in [3.05, 3.63) is 0 Å². The smallest absolute Gasteiger partial charge is 0.191 e. The number of hydrogen-bond donors (Lipinski definition) is 2. The van der Waals surface area contributed by atoms with Gasteiger partial charge in [-0.3, -0.25) is 4.99 Å². The third-order valence-electron chi connectivity index (χ3n) is 6.24. The summed E-state index contributed by atoms with van der Waals surface area (Å²) in [6.07, 6.45) is 9.10. The lowest BCUT2D eigenvalue weighted by Gasteiger charge is -2.34. The van der Waals surface area contributed by atoms with Gasteiger partial charge in [0.05, 0.1) is 6.61 Å². The molecule has 3 rings (SSSR count). The molecule has 2 heterocycles. The van der Waals surface area contributed by atoms with Crippen molar-refractivity contribution in [2.75, 3.05) is 45.9 Å². The van der Waals surface area contributed by atoms with Crippen molar-refractivity contribution >= 4 is 5.96 Å². The van der Waals surface area contributed by atoms with Crippen LogP contribution in [0.15, 0.2) is 4.99 Å². The van der Waals surface area contributed by atoms with Crippen LogP contribution in [0.3, 0.4) is 0 Å². The average Bonchev–Trinajstić information content (AvgIpc) is 3.27. The van der Waals surface area contributed by atoms with Gasteiger partial charge in [0.25, 0.3) is 0 Å². The highest BCUT2D eigenvalue weighted by molar-refractivity contribution is 5.80. The summed E-state index contributed by atoms with van der Waals surface area (Å²) in [5.41, 5.74) is 0.426. The monoisotopic (exact) mass is 350 g/mol. The first kappa shape index (κ1) is 19.0. The molecule has 5 heteroatoms. The molecule has 0 spiro atoms. The number of nitrogens with one attached hydrogen (secondary N) is 2. The Hall–Kier alpha value is -0.810. The van der Waals surface area contributed by atoms with Gasteiger partial charge in [0.1, 0.15) is 0 Å². The number of piperidine rings is 1. The third-order valence-corrected chi connectivity index (χ3v) is 6.24. The first-order valence-corrected chi connectivity index (χ1v) is 10.5. The van der Waals surface area contributed by atoms with Gasteiger partial charge in [-0.2, -0.15) is 0 Å². The summed E-state index contributed by atoms with van der Waals surface area (Å²) < 4.78 is 5.51. The van der Waals surface area contributed by atoms with Crippen molar-refractivity contribution in [3.8, 4) is 0 Å². The molecule has 2 aliphatic heterocycles. The summed E-state index contributed by atoms with van der Waals surface area (Å²) in [6.45, 7) is 12.0. The van der Waals surface area contributed by atoms with E-state index >= 15 is 0 Å². The molecule has 2 N–H and O–H groups in total. The van der Waals surface area contributed by atoms with E-state index in [2.05, 4.69) is 29.4 Å². The van der Waals surface area contributed by atoms with Crippen molar-refractivity contribution in [3.63, 3.8) is 0 Å². The van der Waals surface area contributed by atoms with E-state index in [9.17, 15) is 0 Å². The predicted octanol–water partition coefficient (Wildman–Crippen LogP) is 2.62. The molecule has 0 radical (unpaired) electrons. The Bertz CT molecular complexity index is 419. The molecule has 1 saturated carbocycles. The lowest BCUT2D eigenvalue weighted by Crippen LogP contribution is -2.49. The maximum atomic E-state index is 5.51. The predicted molar refractivity (Wildman–Crippen MR) is 104 cm³/mol. The summed E-state index contributed by atoms with van der Waals surface area (Å²) in [6, 6.07) is 0.560. The summed E-state index contributed by atoms with van der Waals surface area (Å²) in [7, 11) is 0. The molecule has 0 bridgehead atoms. The summed E-state index contributed by atoms with van der Waals surface area (Å²) in [4.78, 5) is 7.55. The second-order valence-electron chi connectivity index (χ2n) is 8.66. The Morgan fingerprint density at radius 3 is 2.60 bits per heavy atom. The Labute approximate surface area is 154 Å². The van der Waals surface area contributed by atoms with E-state index in [-0.39, 0.29) is 0 Å². The van der Waals surface area contributed by atoms with E-state index in [1.54, 1.807) is 0 Å². The maximum absolute atomic E-state index is 5.51. The van der Waals surface area contributed by atoms with Gasteiger partial charge in [-0.15, -0.1) is 0 Å². The minimum atomic E-state index is 0.426. The van der Waals surface area contributed by atoms with E-state index in [1.807, 2.05) is 0 Å². The van der Waals surface area contributed by atoms with Gasteiger partial charge in [0.2, 0.25) is 0 Å². The molecular formula is C20H38N4O. The molecule has 0 aromatic heterocycles. The highest BCUT2D eigenvalue weighted by atomic mass is 16.5. The number of rotatable bonds is 6. The maximum Gasteiger partial charge on any atom is 0.191 e. The van der Waals surface area contributed by atoms with Gasteiger partial charge in [0.15, 0.2) is 5.96 Å². The molecule has 3 aliphatic rings. The number of hydrogen-bond acceptors (Lipinski definition) is 3. The summed E-state index contributed by atoms with van der Waals surface area (Å²) in [5, 5.41) is 7.15. The van der Waals surface area contributed by atoms with Gasteiger partial charge >= 0.3 is 0 Å². The van der Waals surface area contributed by atoms with Gasteiger partial charge in [0, 0.05) is 45.4 Å². The third kappa shape index (κ3) is 5.85. The van der Waals surface area contributed by atoms with E-state index < -0.39 is 0 Å². The average molecular weight is 351 g/mol. The zero-order valence-electron chi connectivity index (χ0n) is 16.4. The highest BCUT2D eigenvalue weighted by Crippen LogP contribution is 2.37. The molecule has 5 nitrogen and oxygen atoms in total. The van der Waals surface area contributed by atoms with Crippen LogP contribution in [0.2, 0.25) is 0 Å². The zero-order chi connectivity index (χ0) is 17.5. The topological polar surface area (TPSA) is 48.9 Å². The minimum absolute atomic E-state index is 0.426. The summed E-state index contributed by atoms with van der Waals surface area (Å²) >= 11 is 0. The van der Waals surface area contributed by atoms with Crippen molar-refractivity contribution in [2.45, 2.75) is 64.8 Å². The lowest BCUT2D eigenvalue weighted by atomic mass is 9.89. The van der Waals surface area contributed by atoms with Crippen LogP contribution in [0.1, 0.15) is 58.8 Å². The molecule has 0 amide bonds. The Balaban J connectivity index is 1.43. The molecule has 25 heavy (non-hydrogen) atoms. The van der Waals surface area contributed by atoms with Crippen molar-refractivity contribution < 1.29 is 4.74 Å². The molecular weight excluding hydrogens is 312 g/mol. The van der Waals surface area contributed by atoms with E-state index in [0.717, 1.165) is 38.2 Å². The van der Waals surface area contributed by atoms with Crippen LogP contribution in [0, 0.1) is 11.3 Å². The van der Waals surface area contributed by atoms with Crippen LogP contribution in [-0.2, 0) is 4.74 Å². The fourth-order valence-electron chi connectivity index (χ4n) is 4.52. The minimum Gasteiger partial charge on any atom is -0.381 e. The molecule has 0 aromatic carbocycles. The normalized spacial score (nSPS) is 28.4. The molecule has 144 valence electrons. The first-order chi connectivity index (χ1) is 12.2. The molecule has 1 unspecified atom stereocenters.